The van der Waals surface area contributed by atoms with E-state index in [4.69, 9.17) is 4.74 Å². The Bertz CT molecular complexity index is 2070. The molecule has 0 aromatic heterocycles. The summed E-state index contributed by atoms with van der Waals surface area (Å²) in [5, 5.41) is 11.9. The molecule has 1 aliphatic heterocycles. The number of carbonyl (C=O) groups is 4. The summed E-state index contributed by atoms with van der Waals surface area (Å²) >= 11 is 0. The minimum Gasteiger partial charge on any atom is -0.508 e. The summed E-state index contributed by atoms with van der Waals surface area (Å²) in [6, 6.07) is 33.4. The van der Waals surface area contributed by atoms with Crippen molar-refractivity contribution >= 4 is 29.0 Å². The van der Waals surface area contributed by atoms with Crippen molar-refractivity contribution in [3.05, 3.63) is 149 Å². The highest BCUT2D eigenvalue weighted by molar-refractivity contribution is 6.31. The number of aromatic hydroxyl groups is 1. The van der Waals surface area contributed by atoms with E-state index in [1.807, 2.05) is 97.1 Å². The number of amides is 2. The number of benzene rings is 4. The molecular formula is C43H37NO6. The molecule has 0 spiro atoms. The van der Waals surface area contributed by atoms with E-state index in [0.717, 1.165) is 11.1 Å². The van der Waals surface area contributed by atoms with Crippen LogP contribution in [0, 0.1) is 23.7 Å². The summed E-state index contributed by atoms with van der Waals surface area (Å²) in [6.07, 6.45) is 4.06. The average molecular weight is 664 g/mol. The van der Waals surface area contributed by atoms with Crippen LogP contribution in [0.1, 0.15) is 47.9 Å². The van der Waals surface area contributed by atoms with Crippen molar-refractivity contribution in [3.8, 4) is 11.5 Å². The number of imide groups is 1. The zero-order valence-electron chi connectivity index (χ0n) is 27.7. The minimum atomic E-state index is -1.41. The number of hydrogen-bond acceptors (Lipinski definition) is 6. The van der Waals surface area contributed by atoms with Gasteiger partial charge in [0.2, 0.25) is 11.8 Å². The minimum absolute atomic E-state index is 0.0691. The Morgan fingerprint density at radius 2 is 1.50 bits per heavy atom. The second-order valence-corrected chi connectivity index (χ2v) is 13.7. The Kier molecular flexibility index (Phi) is 7.86. The topological polar surface area (TPSA) is 101 Å². The van der Waals surface area contributed by atoms with Gasteiger partial charge in [-0.05, 0) is 54.5 Å². The van der Waals surface area contributed by atoms with Crippen molar-refractivity contribution in [1.82, 2.24) is 4.90 Å². The summed E-state index contributed by atoms with van der Waals surface area (Å²) < 4.78 is 6.05. The Balaban J connectivity index is 1.33. The van der Waals surface area contributed by atoms with Crippen molar-refractivity contribution in [1.29, 1.82) is 0 Å². The maximum absolute atomic E-state index is 15.1. The number of fused-ring (bicyclic) bond motifs is 4. The van der Waals surface area contributed by atoms with Crippen LogP contribution in [0.5, 0.6) is 11.5 Å². The van der Waals surface area contributed by atoms with E-state index in [-0.39, 0.29) is 42.1 Å². The lowest BCUT2D eigenvalue weighted by Gasteiger charge is -2.55. The molecule has 7 nitrogen and oxygen atoms in total. The number of phenolic OH excluding ortho intramolecular Hbond substituents is 1. The molecule has 1 saturated heterocycles. The highest BCUT2D eigenvalue weighted by Gasteiger charge is 2.66. The Labute approximate surface area is 290 Å². The Morgan fingerprint density at radius 3 is 2.18 bits per heavy atom. The van der Waals surface area contributed by atoms with Crippen LogP contribution in [-0.2, 0) is 31.2 Å². The van der Waals surface area contributed by atoms with E-state index >= 15 is 4.79 Å². The fourth-order valence-corrected chi connectivity index (χ4v) is 9.19. The third kappa shape index (κ3) is 4.78. The first kappa shape index (κ1) is 31.7. The zero-order chi connectivity index (χ0) is 34.6. The molecule has 0 radical (unpaired) electrons. The molecule has 2 amide bonds. The smallest absolute Gasteiger partial charge is 0.233 e. The molecule has 1 heterocycles. The van der Waals surface area contributed by atoms with Crippen LogP contribution < -0.4 is 4.74 Å². The quantitative estimate of drug-likeness (QED) is 0.172. The van der Waals surface area contributed by atoms with Gasteiger partial charge >= 0.3 is 0 Å². The van der Waals surface area contributed by atoms with Crippen LogP contribution in [0.15, 0.2) is 127 Å². The second kappa shape index (κ2) is 12.4. The van der Waals surface area contributed by atoms with Gasteiger partial charge in [0.05, 0.1) is 17.3 Å². The van der Waals surface area contributed by atoms with Crippen molar-refractivity contribution in [2.45, 2.75) is 37.7 Å². The lowest BCUT2D eigenvalue weighted by Crippen LogP contribution is -2.58. The summed E-state index contributed by atoms with van der Waals surface area (Å²) in [5.74, 6) is -3.75. The number of ketones is 2. The van der Waals surface area contributed by atoms with Gasteiger partial charge < -0.3 is 9.84 Å². The maximum atomic E-state index is 15.1. The van der Waals surface area contributed by atoms with Crippen molar-refractivity contribution in [3.63, 3.8) is 0 Å². The largest absolute Gasteiger partial charge is 0.508 e. The monoisotopic (exact) mass is 663 g/mol. The number of allylic oxidation sites excluding steroid dienone is 4. The van der Waals surface area contributed by atoms with Crippen LogP contribution in [0.3, 0.4) is 0 Å². The lowest BCUT2D eigenvalue weighted by molar-refractivity contribution is -0.140. The van der Waals surface area contributed by atoms with Gasteiger partial charge in [0.25, 0.3) is 0 Å². The SMILES string of the molecule is CCN1C(=O)C2CC=C3C(CC4C(=O)C(c5ccccc5)=CC(=O)C4(c4ccccc4)C3c3ccc(OCc4ccccc4)cc3O)C2C1=O. The van der Waals surface area contributed by atoms with Gasteiger partial charge in [-0.25, -0.2) is 0 Å². The number of likely N-dealkylation sites (tertiary alicyclic amines) is 1. The lowest BCUT2D eigenvalue weighted by atomic mass is 9.44. The maximum Gasteiger partial charge on any atom is 0.233 e. The molecule has 4 aliphatic rings. The molecule has 50 heavy (non-hydrogen) atoms. The molecule has 3 aliphatic carbocycles. The Hall–Kier alpha value is -5.56. The number of Topliss-reactive ketones (excluding diaryl/α,β-unsaturated/α-hetero) is 1. The summed E-state index contributed by atoms with van der Waals surface area (Å²) in [7, 11) is 0. The molecule has 4 aromatic rings. The number of ether oxygens (including phenoxy) is 1. The van der Waals surface area contributed by atoms with E-state index < -0.39 is 35.0 Å². The van der Waals surface area contributed by atoms with Crippen LogP contribution in [0.25, 0.3) is 5.57 Å². The summed E-state index contributed by atoms with van der Waals surface area (Å²) in [6.45, 7) is 2.38. The van der Waals surface area contributed by atoms with Crippen LogP contribution in [-0.4, -0.2) is 39.9 Å². The van der Waals surface area contributed by atoms with Gasteiger partial charge in [0, 0.05) is 35.6 Å². The Morgan fingerprint density at radius 1 is 0.820 bits per heavy atom. The van der Waals surface area contributed by atoms with E-state index in [1.165, 1.54) is 11.0 Å². The van der Waals surface area contributed by atoms with Gasteiger partial charge in [-0.2, -0.15) is 0 Å². The first-order valence-corrected chi connectivity index (χ1v) is 17.3. The fraction of sp³-hybridized carbons (Fsp3) is 0.256. The second-order valence-electron chi connectivity index (χ2n) is 13.7. The number of carbonyl (C=O) groups excluding carboxylic acids is 4. The molecule has 0 bridgehead atoms. The highest BCUT2D eigenvalue weighted by atomic mass is 16.5. The molecule has 6 atom stereocenters. The predicted octanol–water partition coefficient (Wildman–Crippen LogP) is 6.82. The van der Waals surface area contributed by atoms with Gasteiger partial charge in [0.15, 0.2) is 11.6 Å². The van der Waals surface area contributed by atoms with E-state index in [2.05, 4.69) is 0 Å². The zero-order valence-corrected chi connectivity index (χ0v) is 27.7. The summed E-state index contributed by atoms with van der Waals surface area (Å²) in [5.41, 5.74) is 2.52. The first-order chi connectivity index (χ1) is 24.3. The molecule has 7 heteroatoms. The van der Waals surface area contributed by atoms with Crippen molar-refractivity contribution in [2.75, 3.05) is 6.54 Å². The normalized spacial score (nSPS) is 27.2. The molecule has 250 valence electrons. The molecule has 6 unspecified atom stereocenters. The number of phenols is 1. The van der Waals surface area contributed by atoms with E-state index in [0.29, 0.717) is 41.0 Å². The van der Waals surface area contributed by atoms with Gasteiger partial charge in [-0.1, -0.05) is 109 Å². The van der Waals surface area contributed by atoms with E-state index in [1.54, 1.807) is 25.1 Å². The average Bonchev–Trinajstić information content (AvgIpc) is 3.40. The molecule has 2 fully saturated rings. The summed E-state index contributed by atoms with van der Waals surface area (Å²) in [4.78, 5) is 58.9. The fourth-order valence-electron chi connectivity index (χ4n) is 9.19. The molecule has 1 saturated carbocycles. The first-order valence-electron chi connectivity index (χ1n) is 17.3. The van der Waals surface area contributed by atoms with E-state index in [9.17, 15) is 19.5 Å². The highest BCUT2D eigenvalue weighted by Crippen LogP contribution is 2.64. The number of nitrogens with zero attached hydrogens (tertiary/aromatic N) is 1. The number of rotatable bonds is 7. The van der Waals surface area contributed by atoms with Crippen LogP contribution >= 0.6 is 0 Å². The van der Waals surface area contributed by atoms with Crippen molar-refractivity contribution in [2.24, 2.45) is 23.7 Å². The molecule has 8 rings (SSSR count). The van der Waals surface area contributed by atoms with Gasteiger partial charge in [-0.15, -0.1) is 0 Å². The molecule has 1 N–H and O–H groups in total. The third-order valence-corrected chi connectivity index (χ3v) is 11.3. The van der Waals surface area contributed by atoms with Crippen LogP contribution in [0.2, 0.25) is 0 Å². The van der Waals surface area contributed by atoms with Crippen LogP contribution in [0.4, 0.5) is 0 Å². The standard InChI is InChI=1S/C43H37NO6/c1-2-44-41(48)32-21-20-30-34(38(32)42(44)49)23-35-40(47)33(27-14-8-4-9-15-27)24-37(46)43(35,28-16-10-5-11-17-28)39(30)31-19-18-29(22-36(31)45)50-25-26-12-6-3-7-13-26/h3-20,22,24,32,34-35,38-39,45H,2,21,23,25H2,1H3. The third-order valence-electron chi connectivity index (χ3n) is 11.3. The molecular weight excluding hydrogens is 626 g/mol. The van der Waals surface area contributed by atoms with Gasteiger partial charge in [-0.3, -0.25) is 24.1 Å². The molecule has 4 aromatic carbocycles. The van der Waals surface area contributed by atoms with Gasteiger partial charge in [0.1, 0.15) is 18.1 Å². The number of hydrogen-bond donors (Lipinski definition) is 1. The van der Waals surface area contributed by atoms with Crippen molar-refractivity contribution < 1.29 is 29.0 Å². The predicted molar refractivity (Wildman–Crippen MR) is 188 cm³/mol.